The van der Waals surface area contributed by atoms with Crippen molar-refractivity contribution in [2.75, 3.05) is 39.6 Å². The molecule has 5 atom stereocenters. The van der Waals surface area contributed by atoms with E-state index in [1.165, 1.54) is 32.1 Å². The minimum Gasteiger partial charge on any atom is -0.463 e. The van der Waals surface area contributed by atoms with E-state index in [1.54, 1.807) is 0 Å². The Hall–Kier alpha value is -5.35. The predicted molar refractivity (Wildman–Crippen MR) is 445 cm³/mol. The molecule has 18 heteroatoms. The average molecular weight is 1530 g/mol. The summed E-state index contributed by atoms with van der Waals surface area (Å²) in [5.41, 5.74) is 0. The number of aliphatic hydroxyl groups is 2. The molecule has 608 valence electrons. The summed E-state index contributed by atoms with van der Waals surface area (Å²) in [6, 6.07) is 0. The van der Waals surface area contributed by atoms with Gasteiger partial charge in [0.25, 0.3) is 0 Å². The largest absolute Gasteiger partial charge is 0.472 e. The van der Waals surface area contributed by atoms with Gasteiger partial charge in [0.05, 0.1) is 26.4 Å². The van der Waals surface area contributed by atoms with Gasteiger partial charge in [-0.15, -0.1) is 0 Å². The summed E-state index contributed by atoms with van der Waals surface area (Å²) in [7, 11) is -9.82. The summed E-state index contributed by atoms with van der Waals surface area (Å²) >= 11 is 0. The number of allylic oxidation sites excluding steroid dienone is 30. The van der Waals surface area contributed by atoms with Gasteiger partial charge in [-0.2, -0.15) is 0 Å². The molecule has 0 saturated heterocycles. The van der Waals surface area contributed by atoms with E-state index in [9.17, 15) is 43.5 Å². The molecule has 0 aromatic heterocycles. The maximum atomic E-state index is 13.0. The molecule has 4 N–H and O–H groups in total. The molecule has 107 heavy (non-hydrogen) atoms. The van der Waals surface area contributed by atoms with Crippen LogP contribution >= 0.6 is 15.6 Å². The minimum absolute atomic E-state index is 0.0834. The highest BCUT2D eigenvalue weighted by Gasteiger charge is 2.29. The number of hydrogen-bond donors (Lipinski definition) is 4. The predicted octanol–water partition coefficient (Wildman–Crippen LogP) is 24.5. The molecule has 0 amide bonds. The van der Waals surface area contributed by atoms with Crippen LogP contribution in [0.4, 0.5) is 0 Å². The van der Waals surface area contributed by atoms with Gasteiger partial charge in [0.2, 0.25) is 0 Å². The highest BCUT2D eigenvalue weighted by atomic mass is 31.2. The normalized spacial score (nSPS) is 14.9. The molecule has 16 nitrogen and oxygen atoms in total. The second-order valence-corrected chi connectivity index (χ2v) is 29.7. The van der Waals surface area contributed by atoms with Crippen LogP contribution in [-0.2, 0) is 55.8 Å². The van der Waals surface area contributed by atoms with E-state index in [1.807, 2.05) is 0 Å². The summed E-state index contributed by atoms with van der Waals surface area (Å²) in [4.78, 5) is 58.8. The van der Waals surface area contributed by atoms with E-state index in [2.05, 4.69) is 203 Å². The molecule has 0 bridgehead atoms. The molecule has 0 aromatic rings. The lowest BCUT2D eigenvalue weighted by Crippen LogP contribution is -2.30. The van der Waals surface area contributed by atoms with Crippen LogP contribution in [0.1, 0.15) is 303 Å². The molecule has 0 heterocycles. The summed E-state index contributed by atoms with van der Waals surface area (Å²) < 4.78 is 61.2. The van der Waals surface area contributed by atoms with Crippen LogP contribution in [0, 0.1) is 0 Å². The van der Waals surface area contributed by atoms with Crippen LogP contribution in [0.15, 0.2) is 182 Å². The highest BCUT2D eigenvalue weighted by Crippen LogP contribution is 2.45. The number of carbonyl (C=O) groups excluding carboxylic acids is 3. The third-order valence-electron chi connectivity index (χ3n) is 16.6. The Morgan fingerprint density at radius 3 is 0.738 bits per heavy atom. The van der Waals surface area contributed by atoms with Crippen molar-refractivity contribution in [3.05, 3.63) is 182 Å². The third kappa shape index (κ3) is 81.5. The third-order valence-corrected chi connectivity index (χ3v) is 18.5. The fourth-order valence-electron chi connectivity index (χ4n) is 10.5. The molecule has 0 radical (unpaired) electrons. The standard InChI is InChI=1S/C89H146O16P2/c1-4-7-10-13-16-19-22-25-28-31-33-35-37-39-40-41-42-44-46-47-49-52-54-57-60-63-66-69-72-75-87(92)99-78-84(90)79-101-106(95,96)102-80-85(91)81-103-107(97,98)104-83-86(105-89(94)77-74-71-68-65-62-59-56-51-30-27-24-21-18-15-12-9-6-3)82-100-88(93)76-73-70-67-64-61-58-55-53-50-48-45-43-38-36-34-32-29-26-23-20-17-14-11-8-5-2/h7-12,16-21,25-30,33-36,39-40,42-45,50,53,84-86,90-91H,4-6,13-15,22-24,31-32,37-38,41,46-49,51-52,54-83H2,1-3H3,(H,95,96)(H,97,98)/b10-7-,11-8-,12-9-,19-16-,20-17-,21-18-,28-25-,29-26-,30-27-,35-33-,36-34-,40-39-,44-42-,45-43-,53-50-. The van der Waals surface area contributed by atoms with Crippen molar-refractivity contribution < 1.29 is 75.8 Å². The van der Waals surface area contributed by atoms with E-state index in [0.717, 1.165) is 212 Å². The SMILES string of the molecule is CC/C=C\C/C=C\C/C=C\C/C=C\C/C=C\C/C=C\CCCCCCCCCCCCC(=O)OCC(O)COP(=O)(O)OCC(O)COP(=O)(O)OCC(COC(=O)CCCCCCCC/C=C\C/C=C\C/C=C\C/C=C\C/C=C\C/C=C\CC)OC(=O)CCCCCCCCC/C=C\C/C=C\C/C=C\CC. The van der Waals surface area contributed by atoms with Crippen LogP contribution < -0.4 is 0 Å². The number of phosphoric acid groups is 2. The van der Waals surface area contributed by atoms with Gasteiger partial charge < -0.3 is 34.2 Å². The Labute approximate surface area is 649 Å². The molecule has 0 aliphatic rings. The monoisotopic (exact) mass is 1530 g/mol. The lowest BCUT2D eigenvalue weighted by Gasteiger charge is -2.21. The maximum absolute atomic E-state index is 13.0. The lowest BCUT2D eigenvalue weighted by molar-refractivity contribution is -0.161. The molecule has 0 aliphatic carbocycles. The molecular weight excluding hydrogens is 1390 g/mol. The number of hydrogen-bond acceptors (Lipinski definition) is 14. The zero-order valence-corrected chi connectivity index (χ0v) is 68.3. The molecule has 0 aliphatic heterocycles. The Morgan fingerprint density at radius 2 is 0.467 bits per heavy atom. The smallest absolute Gasteiger partial charge is 0.463 e. The van der Waals surface area contributed by atoms with Crippen LogP contribution in [0.5, 0.6) is 0 Å². The molecule has 0 rings (SSSR count). The fraction of sp³-hybridized carbons (Fsp3) is 0.629. The average Bonchev–Trinajstić information content (AvgIpc) is 0.908. The minimum atomic E-state index is -4.95. The van der Waals surface area contributed by atoms with Gasteiger partial charge in [0.15, 0.2) is 6.10 Å². The van der Waals surface area contributed by atoms with E-state index in [4.69, 9.17) is 32.3 Å². The van der Waals surface area contributed by atoms with E-state index in [0.29, 0.717) is 19.3 Å². The van der Waals surface area contributed by atoms with E-state index >= 15 is 0 Å². The quantitative estimate of drug-likeness (QED) is 0.0146. The van der Waals surface area contributed by atoms with E-state index < -0.39 is 91.5 Å². The lowest BCUT2D eigenvalue weighted by atomic mass is 10.1. The second-order valence-electron chi connectivity index (χ2n) is 26.8. The van der Waals surface area contributed by atoms with Crippen molar-refractivity contribution in [1.82, 2.24) is 0 Å². The molecule has 0 aromatic carbocycles. The van der Waals surface area contributed by atoms with Crippen molar-refractivity contribution in [3.63, 3.8) is 0 Å². The number of unbranched alkanes of at least 4 members (excludes halogenated alkanes) is 23. The Morgan fingerprint density at radius 1 is 0.262 bits per heavy atom. The van der Waals surface area contributed by atoms with Crippen molar-refractivity contribution in [3.8, 4) is 0 Å². The molecule has 0 fully saturated rings. The maximum Gasteiger partial charge on any atom is 0.472 e. The van der Waals surface area contributed by atoms with Gasteiger partial charge in [0.1, 0.15) is 25.4 Å². The van der Waals surface area contributed by atoms with Gasteiger partial charge in [-0.25, -0.2) is 9.13 Å². The summed E-state index contributed by atoms with van der Waals surface area (Å²) in [6.45, 7) is 2.31. The van der Waals surface area contributed by atoms with Crippen molar-refractivity contribution in [2.24, 2.45) is 0 Å². The number of carbonyl (C=O) groups is 3. The van der Waals surface area contributed by atoms with E-state index in [-0.39, 0.29) is 19.3 Å². The summed E-state index contributed by atoms with van der Waals surface area (Å²) in [5.74, 6) is -1.61. The fourth-order valence-corrected chi connectivity index (χ4v) is 12.1. The first kappa shape index (κ1) is 102. The van der Waals surface area contributed by atoms with Gasteiger partial charge in [0, 0.05) is 19.3 Å². The molecule has 5 unspecified atom stereocenters. The highest BCUT2D eigenvalue weighted by molar-refractivity contribution is 7.47. The Balaban J connectivity index is 4.62. The van der Waals surface area contributed by atoms with Crippen LogP contribution in [-0.4, -0.2) is 95.9 Å². The van der Waals surface area contributed by atoms with Gasteiger partial charge in [-0.05, 0) is 154 Å². The first-order valence-corrected chi connectivity index (χ1v) is 44.1. The number of rotatable bonds is 76. The Bertz CT molecular complexity index is 2670. The first-order chi connectivity index (χ1) is 52.2. The summed E-state index contributed by atoms with van der Waals surface area (Å²) in [5, 5.41) is 20.7. The van der Waals surface area contributed by atoms with Crippen molar-refractivity contribution >= 4 is 33.6 Å². The zero-order valence-electron chi connectivity index (χ0n) is 66.5. The van der Waals surface area contributed by atoms with Gasteiger partial charge in [-0.1, -0.05) is 312 Å². The first-order valence-electron chi connectivity index (χ1n) is 41.1. The van der Waals surface area contributed by atoms with Crippen LogP contribution in [0.2, 0.25) is 0 Å². The number of aliphatic hydroxyl groups excluding tert-OH is 2. The topological polar surface area (TPSA) is 231 Å². The van der Waals surface area contributed by atoms with Crippen molar-refractivity contribution in [1.29, 1.82) is 0 Å². The van der Waals surface area contributed by atoms with Gasteiger partial charge >= 0.3 is 33.6 Å². The Kier molecular flexibility index (Phi) is 76.2. The number of ether oxygens (including phenoxy) is 3. The molecule has 0 spiro atoms. The number of phosphoric ester groups is 2. The number of esters is 3. The second kappa shape index (κ2) is 80.2. The van der Waals surface area contributed by atoms with Crippen LogP contribution in [0.3, 0.4) is 0 Å². The van der Waals surface area contributed by atoms with Gasteiger partial charge in [-0.3, -0.25) is 32.5 Å². The molecular formula is C89H146O16P2. The zero-order chi connectivity index (χ0) is 78.0. The van der Waals surface area contributed by atoms with Crippen molar-refractivity contribution in [2.45, 2.75) is 322 Å². The molecule has 0 saturated carbocycles. The van der Waals surface area contributed by atoms with Crippen LogP contribution in [0.25, 0.3) is 0 Å². The summed E-state index contributed by atoms with van der Waals surface area (Å²) in [6.07, 6.45) is 104.